The van der Waals surface area contributed by atoms with Crippen molar-refractivity contribution in [2.75, 3.05) is 5.84 Å². The highest BCUT2D eigenvalue weighted by Crippen LogP contribution is 2.19. The highest BCUT2D eigenvalue weighted by Gasteiger charge is 2.12. The maximum Gasteiger partial charge on any atom is 0.303 e. The van der Waals surface area contributed by atoms with Crippen molar-refractivity contribution in [2.45, 2.75) is 30.7 Å². The Morgan fingerprint density at radius 2 is 2.18 bits per heavy atom. The van der Waals surface area contributed by atoms with Gasteiger partial charge in [0.25, 0.3) is 5.56 Å². The standard InChI is InChI=1S/C14H16N4O3S/c1-9-3-2-4-10(7-9)8-22-14-17-16-11(5-6-12(19)20)13(21)18(14)15/h2-4,7H,5-6,8,15H2,1H3,(H,19,20). The van der Waals surface area contributed by atoms with Gasteiger partial charge in [-0.3, -0.25) is 9.59 Å². The van der Waals surface area contributed by atoms with E-state index in [0.717, 1.165) is 15.8 Å². The van der Waals surface area contributed by atoms with Gasteiger partial charge >= 0.3 is 5.97 Å². The maximum absolute atomic E-state index is 12.0. The molecule has 0 bridgehead atoms. The lowest BCUT2D eigenvalue weighted by Gasteiger charge is -2.07. The highest BCUT2D eigenvalue weighted by molar-refractivity contribution is 7.98. The molecule has 2 aromatic rings. The summed E-state index contributed by atoms with van der Waals surface area (Å²) in [5.74, 6) is 5.33. The minimum absolute atomic E-state index is 0.0151. The summed E-state index contributed by atoms with van der Waals surface area (Å²) >= 11 is 1.30. The number of hydrogen-bond acceptors (Lipinski definition) is 6. The molecule has 3 N–H and O–H groups in total. The molecule has 0 fully saturated rings. The molecule has 0 amide bonds. The third-order valence-electron chi connectivity index (χ3n) is 2.95. The zero-order valence-electron chi connectivity index (χ0n) is 12.0. The summed E-state index contributed by atoms with van der Waals surface area (Å²) < 4.78 is 0.921. The van der Waals surface area contributed by atoms with Gasteiger partial charge in [-0.15, -0.1) is 10.2 Å². The van der Waals surface area contributed by atoms with Crippen LogP contribution in [0.5, 0.6) is 0 Å². The van der Waals surface area contributed by atoms with E-state index >= 15 is 0 Å². The Hall–Kier alpha value is -2.35. The first kappa shape index (κ1) is 16.0. The van der Waals surface area contributed by atoms with Crippen LogP contribution in [0.4, 0.5) is 0 Å². The number of benzene rings is 1. The van der Waals surface area contributed by atoms with Gasteiger partial charge in [0, 0.05) is 12.2 Å². The summed E-state index contributed by atoms with van der Waals surface area (Å²) in [6, 6.07) is 7.99. The Labute approximate surface area is 131 Å². The summed E-state index contributed by atoms with van der Waals surface area (Å²) in [4.78, 5) is 22.5. The molecule has 0 atom stereocenters. The van der Waals surface area contributed by atoms with Crippen LogP contribution in [0.1, 0.15) is 23.2 Å². The van der Waals surface area contributed by atoms with E-state index in [1.54, 1.807) is 0 Å². The van der Waals surface area contributed by atoms with Crippen molar-refractivity contribution in [3.8, 4) is 0 Å². The van der Waals surface area contributed by atoms with Gasteiger partial charge in [-0.25, -0.2) is 0 Å². The smallest absolute Gasteiger partial charge is 0.303 e. The van der Waals surface area contributed by atoms with Crippen LogP contribution in [-0.4, -0.2) is 25.9 Å². The Morgan fingerprint density at radius 1 is 1.41 bits per heavy atom. The van der Waals surface area contributed by atoms with Crippen molar-refractivity contribution >= 4 is 17.7 Å². The summed E-state index contributed by atoms with van der Waals surface area (Å²) in [5, 5.41) is 16.6. The number of aliphatic carboxylic acids is 1. The minimum Gasteiger partial charge on any atom is -0.481 e. The van der Waals surface area contributed by atoms with E-state index in [-0.39, 0.29) is 18.5 Å². The van der Waals surface area contributed by atoms with E-state index in [4.69, 9.17) is 10.9 Å². The molecule has 0 radical (unpaired) electrons. The first-order valence-corrected chi connectivity index (χ1v) is 7.59. The number of aryl methyl sites for hydroxylation is 2. The number of carboxylic acid groups (broad SMARTS) is 1. The van der Waals surface area contributed by atoms with Crippen LogP contribution in [0.2, 0.25) is 0 Å². The average molecular weight is 320 g/mol. The Bertz CT molecular complexity index is 745. The number of thioether (sulfide) groups is 1. The minimum atomic E-state index is -0.998. The van der Waals surface area contributed by atoms with Crippen LogP contribution in [0, 0.1) is 6.92 Å². The van der Waals surface area contributed by atoms with Crippen LogP contribution >= 0.6 is 11.8 Å². The molecule has 7 nitrogen and oxygen atoms in total. The molecule has 0 aliphatic carbocycles. The SMILES string of the molecule is Cc1cccc(CSc2nnc(CCC(=O)O)c(=O)n2N)c1. The van der Waals surface area contributed by atoms with Crippen molar-refractivity contribution in [1.82, 2.24) is 14.9 Å². The van der Waals surface area contributed by atoms with Crippen molar-refractivity contribution in [1.29, 1.82) is 0 Å². The van der Waals surface area contributed by atoms with Crippen LogP contribution in [-0.2, 0) is 17.0 Å². The van der Waals surface area contributed by atoms with Crippen molar-refractivity contribution in [3.05, 3.63) is 51.4 Å². The van der Waals surface area contributed by atoms with Gasteiger partial charge in [0.15, 0.2) is 0 Å². The van der Waals surface area contributed by atoms with E-state index in [1.807, 2.05) is 31.2 Å². The van der Waals surface area contributed by atoms with Gasteiger partial charge < -0.3 is 10.9 Å². The molecule has 1 aromatic heterocycles. The largest absolute Gasteiger partial charge is 0.481 e. The quantitative estimate of drug-likeness (QED) is 0.602. The summed E-state index contributed by atoms with van der Waals surface area (Å²) in [7, 11) is 0. The number of carbonyl (C=O) groups is 1. The number of rotatable bonds is 6. The Morgan fingerprint density at radius 3 is 2.86 bits per heavy atom. The third kappa shape index (κ3) is 4.08. The lowest BCUT2D eigenvalue weighted by Crippen LogP contribution is -2.33. The van der Waals surface area contributed by atoms with Gasteiger partial charge in [-0.1, -0.05) is 41.6 Å². The molecule has 2 rings (SSSR count). The lowest BCUT2D eigenvalue weighted by molar-refractivity contribution is -0.136. The molecular weight excluding hydrogens is 304 g/mol. The monoisotopic (exact) mass is 320 g/mol. The first-order chi connectivity index (χ1) is 10.5. The number of carboxylic acids is 1. The van der Waals surface area contributed by atoms with E-state index in [9.17, 15) is 9.59 Å². The maximum atomic E-state index is 12.0. The van der Waals surface area contributed by atoms with Gasteiger partial charge in [-0.05, 0) is 12.5 Å². The molecular formula is C14H16N4O3S. The van der Waals surface area contributed by atoms with Gasteiger partial charge in [-0.2, -0.15) is 4.68 Å². The van der Waals surface area contributed by atoms with Crippen molar-refractivity contribution in [3.63, 3.8) is 0 Å². The Balaban J connectivity index is 2.10. The molecule has 116 valence electrons. The predicted molar refractivity (Wildman–Crippen MR) is 83.1 cm³/mol. The molecule has 0 saturated carbocycles. The number of hydrogen-bond donors (Lipinski definition) is 2. The van der Waals surface area contributed by atoms with Crippen LogP contribution in [0.25, 0.3) is 0 Å². The van der Waals surface area contributed by atoms with Gasteiger partial charge in [0.1, 0.15) is 5.69 Å². The lowest BCUT2D eigenvalue weighted by atomic mass is 10.2. The van der Waals surface area contributed by atoms with Crippen molar-refractivity contribution < 1.29 is 9.90 Å². The van der Waals surface area contributed by atoms with Crippen LogP contribution < -0.4 is 11.4 Å². The molecule has 0 aliphatic heterocycles. The fourth-order valence-corrected chi connectivity index (χ4v) is 2.65. The topological polar surface area (TPSA) is 111 Å². The average Bonchev–Trinajstić information content (AvgIpc) is 2.47. The summed E-state index contributed by atoms with van der Waals surface area (Å²) in [6.45, 7) is 2.00. The summed E-state index contributed by atoms with van der Waals surface area (Å²) in [5.41, 5.74) is 1.79. The number of nitrogen functional groups attached to an aromatic ring is 1. The van der Waals surface area contributed by atoms with E-state index in [1.165, 1.54) is 11.8 Å². The molecule has 0 unspecified atom stereocenters. The summed E-state index contributed by atoms with van der Waals surface area (Å²) in [6.07, 6.45) is -0.166. The van der Waals surface area contributed by atoms with Gasteiger partial charge in [0.05, 0.1) is 6.42 Å². The second-order valence-corrected chi connectivity index (χ2v) is 5.72. The molecule has 22 heavy (non-hydrogen) atoms. The zero-order valence-corrected chi connectivity index (χ0v) is 12.8. The zero-order chi connectivity index (χ0) is 16.1. The molecule has 0 spiro atoms. The van der Waals surface area contributed by atoms with Gasteiger partial charge in [0.2, 0.25) is 5.16 Å². The molecule has 0 aliphatic rings. The predicted octanol–water partition coefficient (Wildman–Crippen LogP) is 0.970. The fourth-order valence-electron chi connectivity index (χ4n) is 1.85. The first-order valence-electron chi connectivity index (χ1n) is 6.61. The van der Waals surface area contributed by atoms with Crippen LogP contribution in [0.3, 0.4) is 0 Å². The highest BCUT2D eigenvalue weighted by atomic mass is 32.2. The third-order valence-corrected chi connectivity index (χ3v) is 3.97. The van der Waals surface area contributed by atoms with E-state index < -0.39 is 11.5 Å². The molecule has 1 heterocycles. The second-order valence-electron chi connectivity index (χ2n) is 4.78. The number of nitrogens with zero attached hydrogens (tertiary/aromatic N) is 3. The fraction of sp³-hybridized carbons (Fsp3) is 0.286. The second kappa shape index (κ2) is 7.08. The van der Waals surface area contributed by atoms with E-state index in [0.29, 0.717) is 10.9 Å². The van der Waals surface area contributed by atoms with Crippen LogP contribution in [0.15, 0.2) is 34.2 Å². The normalized spacial score (nSPS) is 10.6. The molecule has 1 aromatic carbocycles. The van der Waals surface area contributed by atoms with Crippen molar-refractivity contribution in [2.24, 2.45) is 0 Å². The number of nitrogens with two attached hydrogens (primary N) is 1. The molecule has 0 saturated heterocycles. The van der Waals surface area contributed by atoms with E-state index in [2.05, 4.69) is 10.2 Å². The number of aromatic nitrogens is 3. The Kier molecular flexibility index (Phi) is 5.16. The molecule has 8 heteroatoms.